The van der Waals surface area contributed by atoms with Crippen LogP contribution in [-0.4, -0.2) is 78.0 Å². The number of hydrogen-bond acceptors (Lipinski definition) is 3. The van der Waals surface area contributed by atoms with E-state index in [9.17, 15) is 9.59 Å². The Morgan fingerprint density at radius 1 is 1.11 bits per heavy atom. The van der Waals surface area contributed by atoms with E-state index in [4.69, 9.17) is 0 Å². The van der Waals surface area contributed by atoms with Crippen molar-refractivity contribution >= 4 is 11.9 Å². The summed E-state index contributed by atoms with van der Waals surface area (Å²) >= 11 is 0. The second-order valence-corrected chi connectivity index (χ2v) is 9.44. The van der Waals surface area contributed by atoms with Gasteiger partial charge in [0.05, 0.1) is 0 Å². The molecule has 0 aromatic rings. The molecule has 6 heteroatoms. The maximum atomic E-state index is 12.6. The van der Waals surface area contributed by atoms with Crippen molar-refractivity contribution < 1.29 is 9.59 Å². The molecule has 3 aliphatic rings. The highest BCUT2D eigenvalue weighted by atomic mass is 16.2. The van der Waals surface area contributed by atoms with Crippen LogP contribution in [0.4, 0.5) is 4.79 Å². The fourth-order valence-corrected chi connectivity index (χ4v) is 4.81. The van der Waals surface area contributed by atoms with Crippen molar-refractivity contribution in [2.45, 2.75) is 77.9 Å². The number of piperidine rings is 1. The van der Waals surface area contributed by atoms with Crippen LogP contribution in [0.5, 0.6) is 0 Å². The molecular formula is C21H38N4O2. The first-order chi connectivity index (χ1) is 12.7. The van der Waals surface area contributed by atoms with Gasteiger partial charge >= 0.3 is 6.03 Å². The summed E-state index contributed by atoms with van der Waals surface area (Å²) in [6.07, 6.45) is 5.30. The van der Waals surface area contributed by atoms with Gasteiger partial charge in [-0.2, -0.15) is 0 Å². The number of carbonyl (C=O) groups is 2. The van der Waals surface area contributed by atoms with Gasteiger partial charge in [0, 0.05) is 57.3 Å². The van der Waals surface area contributed by atoms with Crippen molar-refractivity contribution in [1.82, 2.24) is 20.0 Å². The largest absolute Gasteiger partial charge is 0.343 e. The van der Waals surface area contributed by atoms with Crippen LogP contribution in [0.25, 0.3) is 0 Å². The second-order valence-electron chi connectivity index (χ2n) is 9.44. The van der Waals surface area contributed by atoms with Gasteiger partial charge < -0.3 is 15.1 Å². The summed E-state index contributed by atoms with van der Waals surface area (Å²) in [5.74, 6) is 0.553. The molecule has 27 heavy (non-hydrogen) atoms. The highest BCUT2D eigenvalue weighted by molar-refractivity contribution is 5.83. The van der Waals surface area contributed by atoms with Gasteiger partial charge in [0.15, 0.2) is 0 Å². The summed E-state index contributed by atoms with van der Waals surface area (Å²) in [6.45, 7) is 11.9. The Hall–Kier alpha value is -1.30. The summed E-state index contributed by atoms with van der Waals surface area (Å²) in [5, 5.41) is 3.09. The van der Waals surface area contributed by atoms with Gasteiger partial charge in [-0.05, 0) is 65.2 Å². The van der Waals surface area contributed by atoms with Crippen LogP contribution in [0.2, 0.25) is 0 Å². The number of hydrogen-bond donors (Lipinski definition) is 1. The molecule has 1 aliphatic heterocycles. The minimum atomic E-state index is 0.0518. The minimum Gasteiger partial charge on any atom is -0.343 e. The van der Waals surface area contributed by atoms with E-state index in [0.717, 1.165) is 38.9 Å². The predicted octanol–water partition coefficient (Wildman–Crippen LogP) is 2.54. The zero-order valence-corrected chi connectivity index (χ0v) is 17.8. The van der Waals surface area contributed by atoms with Crippen molar-refractivity contribution in [3.05, 3.63) is 0 Å². The van der Waals surface area contributed by atoms with E-state index in [1.54, 1.807) is 0 Å². The maximum Gasteiger partial charge on any atom is 0.317 e. The number of rotatable bonds is 7. The third-order valence-electron chi connectivity index (χ3n) is 6.95. The molecule has 2 aliphatic carbocycles. The number of urea groups is 1. The molecule has 0 aromatic heterocycles. The Labute approximate surface area is 164 Å². The summed E-state index contributed by atoms with van der Waals surface area (Å²) in [7, 11) is 1.96. The van der Waals surface area contributed by atoms with Crippen molar-refractivity contribution in [2.24, 2.45) is 11.3 Å². The van der Waals surface area contributed by atoms with Crippen LogP contribution >= 0.6 is 0 Å². The Morgan fingerprint density at radius 3 is 2.22 bits per heavy atom. The zero-order valence-electron chi connectivity index (χ0n) is 17.8. The predicted molar refractivity (Wildman–Crippen MR) is 108 cm³/mol. The Bertz CT molecular complexity index is 542. The lowest BCUT2D eigenvalue weighted by Gasteiger charge is -2.34. The SMILES string of the molecule is CC(C)N(CCNC(=O)N1CCC2(CC1)CC2C(=O)N(C)C1CC1)C(C)C. The lowest BCUT2D eigenvalue weighted by Crippen LogP contribution is -2.48. The molecule has 0 bridgehead atoms. The Morgan fingerprint density at radius 2 is 1.70 bits per heavy atom. The fourth-order valence-electron chi connectivity index (χ4n) is 4.81. The van der Waals surface area contributed by atoms with E-state index >= 15 is 0 Å². The average Bonchev–Trinajstić information content (AvgIpc) is 3.53. The van der Waals surface area contributed by atoms with Crippen molar-refractivity contribution in [3.63, 3.8) is 0 Å². The molecule has 1 heterocycles. The first-order valence-electron chi connectivity index (χ1n) is 10.8. The van der Waals surface area contributed by atoms with E-state index in [1.807, 2.05) is 16.8 Å². The van der Waals surface area contributed by atoms with Gasteiger partial charge in [0.1, 0.15) is 0 Å². The zero-order chi connectivity index (χ0) is 19.8. The summed E-state index contributed by atoms with van der Waals surface area (Å²) < 4.78 is 0. The fraction of sp³-hybridized carbons (Fsp3) is 0.905. The van der Waals surface area contributed by atoms with Crippen LogP contribution in [0.15, 0.2) is 0 Å². The topological polar surface area (TPSA) is 55.9 Å². The summed E-state index contributed by atoms with van der Waals surface area (Å²) in [4.78, 5) is 31.4. The number of carbonyl (C=O) groups excluding carboxylic acids is 2. The molecular weight excluding hydrogens is 340 g/mol. The highest BCUT2D eigenvalue weighted by Crippen LogP contribution is 2.60. The molecule has 1 atom stereocenters. The Kier molecular flexibility index (Phi) is 6.04. The molecule has 1 saturated heterocycles. The average molecular weight is 379 g/mol. The molecule has 3 amide bonds. The van der Waals surface area contributed by atoms with Crippen molar-refractivity contribution in [1.29, 1.82) is 0 Å². The van der Waals surface area contributed by atoms with Crippen LogP contribution in [0.1, 0.15) is 59.8 Å². The van der Waals surface area contributed by atoms with Crippen LogP contribution < -0.4 is 5.32 Å². The molecule has 1 unspecified atom stereocenters. The van der Waals surface area contributed by atoms with Crippen molar-refractivity contribution in [3.8, 4) is 0 Å². The Balaban J connectivity index is 1.39. The molecule has 154 valence electrons. The highest BCUT2D eigenvalue weighted by Gasteiger charge is 2.60. The molecule has 3 fully saturated rings. The minimum absolute atomic E-state index is 0.0518. The van der Waals surface area contributed by atoms with E-state index in [-0.39, 0.29) is 17.4 Å². The normalized spacial score (nSPS) is 24.0. The standard InChI is InChI=1S/C21H38N4O2/c1-15(2)25(16(3)4)13-10-22-20(27)24-11-8-21(9-12-24)14-18(21)19(26)23(5)17-6-7-17/h15-18H,6-14H2,1-5H3,(H,22,27). The van der Waals surface area contributed by atoms with Gasteiger partial charge in [-0.15, -0.1) is 0 Å². The van der Waals surface area contributed by atoms with Gasteiger partial charge in [-0.3, -0.25) is 9.69 Å². The number of nitrogens with zero attached hydrogens (tertiary/aromatic N) is 3. The smallest absolute Gasteiger partial charge is 0.317 e. The molecule has 1 spiro atoms. The third kappa shape index (κ3) is 4.58. The van der Waals surface area contributed by atoms with Gasteiger partial charge in [-0.1, -0.05) is 0 Å². The number of amides is 3. The second kappa shape index (κ2) is 7.98. The van der Waals surface area contributed by atoms with Gasteiger partial charge in [-0.25, -0.2) is 4.79 Å². The van der Waals surface area contributed by atoms with E-state index in [2.05, 4.69) is 37.9 Å². The molecule has 3 rings (SSSR count). The first kappa shape index (κ1) is 20.4. The van der Waals surface area contributed by atoms with E-state index in [0.29, 0.717) is 30.6 Å². The number of likely N-dealkylation sites (tertiary alicyclic amines) is 1. The monoisotopic (exact) mass is 378 g/mol. The maximum absolute atomic E-state index is 12.6. The van der Waals surface area contributed by atoms with Crippen LogP contribution in [0, 0.1) is 11.3 Å². The van der Waals surface area contributed by atoms with Crippen LogP contribution in [0.3, 0.4) is 0 Å². The summed E-state index contributed by atoms with van der Waals surface area (Å²) in [5.41, 5.74) is 0.184. The number of nitrogens with one attached hydrogen (secondary N) is 1. The third-order valence-corrected chi connectivity index (χ3v) is 6.95. The van der Waals surface area contributed by atoms with Gasteiger partial charge in [0.2, 0.25) is 5.91 Å². The molecule has 6 nitrogen and oxygen atoms in total. The van der Waals surface area contributed by atoms with E-state index in [1.165, 1.54) is 12.8 Å². The summed E-state index contributed by atoms with van der Waals surface area (Å²) in [6, 6.07) is 1.51. The van der Waals surface area contributed by atoms with Crippen molar-refractivity contribution in [2.75, 3.05) is 33.2 Å². The molecule has 1 N–H and O–H groups in total. The van der Waals surface area contributed by atoms with Gasteiger partial charge in [0.25, 0.3) is 0 Å². The lowest BCUT2D eigenvalue weighted by atomic mass is 9.90. The van der Waals surface area contributed by atoms with Crippen LogP contribution in [-0.2, 0) is 4.79 Å². The molecule has 2 saturated carbocycles. The first-order valence-corrected chi connectivity index (χ1v) is 10.8. The van der Waals surface area contributed by atoms with E-state index < -0.39 is 0 Å². The molecule has 0 radical (unpaired) electrons. The lowest BCUT2D eigenvalue weighted by molar-refractivity contribution is -0.132. The molecule has 0 aromatic carbocycles. The quantitative estimate of drug-likeness (QED) is 0.741.